The van der Waals surface area contributed by atoms with Gasteiger partial charge in [-0.25, -0.2) is 4.39 Å². The van der Waals surface area contributed by atoms with Crippen molar-refractivity contribution in [2.45, 2.75) is 20.1 Å². The van der Waals surface area contributed by atoms with Crippen molar-refractivity contribution in [3.63, 3.8) is 0 Å². The van der Waals surface area contributed by atoms with Crippen molar-refractivity contribution in [2.24, 2.45) is 0 Å². The first-order valence-electron chi connectivity index (χ1n) is 10.6. The minimum Gasteiger partial charge on any atom is -0.490 e. The van der Waals surface area contributed by atoms with Crippen LogP contribution in [0.1, 0.15) is 23.6 Å². The van der Waals surface area contributed by atoms with Gasteiger partial charge in [0.1, 0.15) is 12.4 Å². The van der Waals surface area contributed by atoms with E-state index in [1.54, 1.807) is 24.3 Å². The van der Waals surface area contributed by atoms with Crippen molar-refractivity contribution >= 4 is 44.9 Å². The molecule has 1 aliphatic heterocycles. The molecule has 0 atom stereocenters. The van der Waals surface area contributed by atoms with Crippen molar-refractivity contribution < 1.29 is 23.5 Å². The molecule has 3 aromatic carbocycles. The van der Waals surface area contributed by atoms with Crippen LogP contribution >= 0.6 is 27.7 Å². The number of imide groups is 1. The Labute approximate surface area is 209 Å². The molecule has 0 unspecified atom stereocenters. The lowest BCUT2D eigenvalue weighted by Gasteiger charge is -2.15. The molecule has 0 aromatic heterocycles. The zero-order valence-corrected chi connectivity index (χ0v) is 20.7. The van der Waals surface area contributed by atoms with Gasteiger partial charge in [-0.3, -0.25) is 14.5 Å². The number of ether oxygens (including phenoxy) is 2. The topological polar surface area (TPSA) is 55.8 Å². The highest BCUT2D eigenvalue weighted by molar-refractivity contribution is 9.10. The molecular formula is C26H21BrFNO4S. The highest BCUT2D eigenvalue weighted by atomic mass is 79.9. The summed E-state index contributed by atoms with van der Waals surface area (Å²) >= 11 is 4.42. The molecule has 0 saturated carbocycles. The Hall–Kier alpha value is -3.10. The summed E-state index contributed by atoms with van der Waals surface area (Å²) in [5, 5.41) is -0.368. The molecular weight excluding hydrogens is 521 g/mol. The van der Waals surface area contributed by atoms with E-state index in [9.17, 15) is 14.0 Å². The normalized spacial score (nSPS) is 14.7. The first-order valence-corrected chi connectivity index (χ1v) is 12.2. The molecule has 174 valence electrons. The quantitative estimate of drug-likeness (QED) is 0.293. The average molecular weight is 542 g/mol. The number of carbonyl (C=O) groups is 2. The van der Waals surface area contributed by atoms with Gasteiger partial charge in [0.2, 0.25) is 0 Å². The van der Waals surface area contributed by atoms with E-state index in [2.05, 4.69) is 15.9 Å². The maximum Gasteiger partial charge on any atom is 0.293 e. The molecule has 2 amide bonds. The second-order valence-corrected chi connectivity index (χ2v) is 9.28. The number of nitrogens with zero attached hydrogens (tertiary/aromatic N) is 1. The lowest BCUT2D eigenvalue weighted by atomic mass is 10.1. The molecule has 0 spiro atoms. The molecule has 1 aliphatic rings. The van der Waals surface area contributed by atoms with Crippen LogP contribution in [0.5, 0.6) is 11.5 Å². The Morgan fingerprint density at radius 3 is 2.44 bits per heavy atom. The van der Waals surface area contributed by atoms with Crippen LogP contribution in [0.2, 0.25) is 0 Å². The van der Waals surface area contributed by atoms with Crippen LogP contribution in [0, 0.1) is 5.82 Å². The van der Waals surface area contributed by atoms with Crippen LogP contribution in [0.15, 0.2) is 76.1 Å². The summed E-state index contributed by atoms with van der Waals surface area (Å²) < 4.78 is 25.6. The highest BCUT2D eigenvalue weighted by Gasteiger charge is 2.35. The van der Waals surface area contributed by atoms with Crippen molar-refractivity contribution in [3.05, 3.63) is 98.6 Å². The van der Waals surface area contributed by atoms with Crippen LogP contribution in [-0.4, -0.2) is 22.7 Å². The van der Waals surface area contributed by atoms with E-state index in [0.717, 1.165) is 22.2 Å². The maximum absolute atomic E-state index is 13.2. The second-order valence-electron chi connectivity index (χ2n) is 7.43. The Balaban J connectivity index is 1.55. The fraction of sp³-hybridized carbons (Fsp3) is 0.154. The van der Waals surface area contributed by atoms with E-state index in [1.807, 2.05) is 43.3 Å². The minimum atomic E-state index is -0.391. The van der Waals surface area contributed by atoms with Gasteiger partial charge in [0.15, 0.2) is 11.5 Å². The number of rotatable bonds is 8. The summed E-state index contributed by atoms with van der Waals surface area (Å²) in [6, 6.07) is 19.1. The number of benzene rings is 3. The fourth-order valence-electron chi connectivity index (χ4n) is 3.36. The first-order chi connectivity index (χ1) is 16.4. The van der Waals surface area contributed by atoms with E-state index < -0.39 is 5.91 Å². The summed E-state index contributed by atoms with van der Waals surface area (Å²) in [4.78, 5) is 26.8. The van der Waals surface area contributed by atoms with Gasteiger partial charge in [0, 0.05) is 0 Å². The highest BCUT2D eigenvalue weighted by Crippen LogP contribution is 2.40. The van der Waals surface area contributed by atoms with Gasteiger partial charge in [-0.15, -0.1) is 0 Å². The number of amides is 2. The van der Waals surface area contributed by atoms with Crippen LogP contribution in [0.3, 0.4) is 0 Å². The molecule has 0 radical (unpaired) electrons. The zero-order chi connectivity index (χ0) is 24.1. The third-order valence-corrected chi connectivity index (χ3v) is 6.48. The summed E-state index contributed by atoms with van der Waals surface area (Å²) in [7, 11) is 0. The van der Waals surface area contributed by atoms with E-state index in [-0.39, 0.29) is 17.6 Å². The third-order valence-electron chi connectivity index (χ3n) is 4.98. The van der Waals surface area contributed by atoms with Crippen LogP contribution < -0.4 is 9.47 Å². The number of carbonyl (C=O) groups excluding carboxylic acids is 2. The number of thioether (sulfide) groups is 1. The second kappa shape index (κ2) is 10.9. The molecule has 3 aromatic rings. The summed E-state index contributed by atoms with van der Waals surface area (Å²) in [5.41, 5.74) is 2.39. The smallest absolute Gasteiger partial charge is 0.293 e. The van der Waals surface area contributed by atoms with Gasteiger partial charge in [-0.1, -0.05) is 42.5 Å². The van der Waals surface area contributed by atoms with E-state index in [4.69, 9.17) is 9.47 Å². The van der Waals surface area contributed by atoms with Crippen molar-refractivity contribution in [1.29, 1.82) is 0 Å². The predicted molar refractivity (Wildman–Crippen MR) is 134 cm³/mol. The molecule has 0 N–H and O–H groups in total. The van der Waals surface area contributed by atoms with Gasteiger partial charge < -0.3 is 9.47 Å². The summed E-state index contributed by atoms with van der Waals surface area (Å²) in [6.07, 6.45) is 1.66. The van der Waals surface area contributed by atoms with Crippen LogP contribution in [-0.2, 0) is 17.9 Å². The summed E-state index contributed by atoms with van der Waals surface area (Å²) in [5.74, 6) is 0.333. The standard InChI is InChI=1S/C26H21BrFNO4S/c1-2-32-22-13-19(12-21(27)24(22)33-16-18-6-4-3-5-7-18)14-23-25(30)29(26(31)34-23)15-17-8-10-20(28)11-9-17/h3-14H,2,15-16H2,1H3/b23-14+. The van der Waals surface area contributed by atoms with Gasteiger partial charge in [0.25, 0.3) is 11.1 Å². The first kappa shape index (κ1) is 24.0. The monoisotopic (exact) mass is 541 g/mol. The van der Waals surface area contributed by atoms with E-state index in [0.29, 0.717) is 45.2 Å². The third kappa shape index (κ3) is 5.69. The largest absolute Gasteiger partial charge is 0.490 e. The molecule has 34 heavy (non-hydrogen) atoms. The van der Waals surface area contributed by atoms with Crippen molar-refractivity contribution in [1.82, 2.24) is 4.90 Å². The fourth-order valence-corrected chi connectivity index (χ4v) is 4.78. The van der Waals surface area contributed by atoms with E-state index >= 15 is 0 Å². The van der Waals surface area contributed by atoms with Gasteiger partial charge in [0.05, 0.1) is 22.5 Å². The maximum atomic E-state index is 13.2. The molecule has 1 fully saturated rings. The number of hydrogen-bond acceptors (Lipinski definition) is 5. The van der Waals surface area contributed by atoms with Crippen LogP contribution in [0.25, 0.3) is 6.08 Å². The van der Waals surface area contributed by atoms with E-state index in [1.165, 1.54) is 12.1 Å². The zero-order valence-electron chi connectivity index (χ0n) is 18.3. The van der Waals surface area contributed by atoms with Gasteiger partial charge in [-0.05, 0) is 81.6 Å². The average Bonchev–Trinajstić information content (AvgIpc) is 3.08. The minimum absolute atomic E-state index is 0.0858. The lowest BCUT2D eigenvalue weighted by Crippen LogP contribution is -2.27. The molecule has 0 bridgehead atoms. The van der Waals surface area contributed by atoms with Crippen molar-refractivity contribution in [3.8, 4) is 11.5 Å². The Kier molecular flexibility index (Phi) is 7.70. The number of hydrogen-bond donors (Lipinski definition) is 0. The molecule has 1 heterocycles. The molecule has 0 aliphatic carbocycles. The Morgan fingerprint density at radius 2 is 1.74 bits per heavy atom. The molecule has 8 heteroatoms. The number of halogens is 2. The van der Waals surface area contributed by atoms with Crippen LogP contribution in [0.4, 0.5) is 9.18 Å². The SMILES string of the molecule is CCOc1cc(/C=C2/SC(=O)N(Cc3ccc(F)cc3)C2=O)cc(Br)c1OCc1ccccc1. The van der Waals surface area contributed by atoms with Gasteiger partial charge in [-0.2, -0.15) is 0 Å². The molecule has 1 saturated heterocycles. The lowest BCUT2D eigenvalue weighted by molar-refractivity contribution is -0.123. The molecule has 4 rings (SSSR count). The Bertz CT molecular complexity index is 1230. The Morgan fingerprint density at radius 1 is 1.00 bits per heavy atom. The molecule has 5 nitrogen and oxygen atoms in total. The predicted octanol–water partition coefficient (Wildman–Crippen LogP) is 6.80. The van der Waals surface area contributed by atoms with Gasteiger partial charge >= 0.3 is 0 Å². The summed E-state index contributed by atoms with van der Waals surface area (Å²) in [6.45, 7) is 2.78. The van der Waals surface area contributed by atoms with Crippen molar-refractivity contribution in [2.75, 3.05) is 6.61 Å².